The molecule has 0 saturated heterocycles. The Morgan fingerprint density at radius 2 is 1.70 bits per heavy atom. The van der Waals surface area contributed by atoms with Gasteiger partial charge in [-0.2, -0.15) is 0 Å². The van der Waals surface area contributed by atoms with Crippen LogP contribution in [0, 0.1) is 20.8 Å². The molecular formula is C20H26N2O. The number of para-hydroxylation sites is 1. The highest BCUT2D eigenvalue weighted by molar-refractivity contribution is 5.94. The molecule has 122 valence electrons. The minimum absolute atomic E-state index is 0.0343. The standard InChI is InChI=1S/C20H26N2O/c1-13(2)18-8-6-7-16(5)20(18)21-12-19(23)22-17-10-14(3)9-15(4)11-17/h6-11,13,21H,12H2,1-5H3,(H,22,23). The van der Waals surface area contributed by atoms with Crippen molar-refractivity contribution in [3.8, 4) is 0 Å². The zero-order chi connectivity index (χ0) is 17.0. The molecule has 0 atom stereocenters. The second-order valence-electron chi connectivity index (χ2n) is 6.47. The normalized spacial score (nSPS) is 10.7. The van der Waals surface area contributed by atoms with Crippen molar-refractivity contribution in [1.29, 1.82) is 0 Å². The van der Waals surface area contributed by atoms with E-state index in [4.69, 9.17) is 0 Å². The van der Waals surface area contributed by atoms with E-state index in [1.54, 1.807) is 0 Å². The quantitative estimate of drug-likeness (QED) is 0.834. The number of anilines is 2. The fourth-order valence-corrected chi connectivity index (χ4v) is 2.83. The molecule has 0 heterocycles. The molecule has 0 fully saturated rings. The van der Waals surface area contributed by atoms with Crippen molar-refractivity contribution in [1.82, 2.24) is 0 Å². The van der Waals surface area contributed by atoms with Gasteiger partial charge in [0.25, 0.3) is 0 Å². The molecule has 0 radical (unpaired) electrons. The number of hydrogen-bond donors (Lipinski definition) is 2. The maximum Gasteiger partial charge on any atom is 0.243 e. The van der Waals surface area contributed by atoms with Crippen molar-refractivity contribution >= 4 is 17.3 Å². The van der Waals surface area contributed by atoms with Gasteiger partial charge in [0, 0.05) is 11.4 Å². The fourth-order valence-electron chi connectivity index (χ4n) is 2.83. The average Bonchev–Trinajstić information content (AvgIpc) is 2.44. The lowest BCUT2D eigenvalue weighted by molar-refractivity contribution is -0.114. The number of benzene rings is 2. The maximum absolute atomic E-state index is 12.2. The second kappa shape index (κ2) is 7.32. The van der Waals surface area contributed by atoms with E-state index >= 15 is 0 Å². The molecule has 1 amide bonds. The Hall–Kier alpha value is -2.29. The minimum Gasteiger partial charge on any atom is -0.376 e. The van der Waals surface area contributed by atoms with Crippen molar-refractivity contribution in [2.45, 2.75) is 40.5 Å². The first-order valence-electron chi connectivity index (χ1n) is 8.08. The highest BCUT2D eigenvalue weighted by Crippen LogP contribution is 2.27. The lowest BCUT2D eigenvalue weighted by atomic mass is 9.98. The van der Waals surface area contributed by atoms with Crippen LogP contribution < -0.4 is 10.6 Å². The fraction of sp³-hybridized carbons (Fsp3) is 0.350. The first-order valence-corrected chi connectivity index (χ1v) is 8.08. The smallest absolute Gasteiger partial charge is 0.243 e. The van der Waals surface area contributed by atoms with Crippen molar-refractivity contribution < 1.29 is 4.79 Å². The summed E-state index contributed by atoms with van der Waals surface area (Å²) in [5.41, 5.74) is 6.62. The first-order chi connectivity index (χ1) is 10.9. The van der Waals surface area contributed by atoms with Crippen LogP contribution in [0.25, 0.3) is 0 Å². The van der Waals surface area contributed by atoms with E-state index in [1.807, 2.05) is 26.0 Å². The Labute approximate surface area is 139 Å². The van der Waals surface area contributed by atoms with Crippen molar-refractivity contribution in [2.75, 3.05) is 17.2 Å². The molecule has 3 heteroatoms. The molecule has 0 aliphatic rings. The van der Waals surface area contributed by atoms with Crippen LogP contribution in [0.15, 0.2) is 36.4 Å². The van der Waals surface area contributed by atoms with Gasteiger partial charge in [0.2, 0.25) is 5.91 Å². The minimum atomic E-state index is -0.0343. The van der Waals surface area contributed by atoms with Gasteiger partial charge < -0.3 is 10.6 Å². The van der Waals surface area contributed by atoms with Gasteiger partial charge in [0.15, 0.2) is 0 Å². The van der Waals surface area contributed by atoms with Gasteiger partial charge in [-0.1, -0.05) is 38.1 Å². The highest BCUT2D eigenvalue weighted by atomic mass is 16.1. The molecule has 0 aromatic heterocycles. The number of amides is 1. The first kappa shape index (κ1) is 17.1. The Kier molecular flexibility index (Phi) is 5.43. The van der Waals surface area contributed by atoms with E-state index in [9.17, 15) is 4.79 Å². The van der Waals surface area contributed by atoms with Crippen molar-refractivity contribution in [3.05, 3.63) is 58.7 Å². The van der Waals surface area contributed by atoms with E-state index in [1.165, 1.54) is 5.56 Å². The van der Waals surface area contributed by atoms with Crippen LogP contribution in [0.3, 0.4) is 0 Å². The second-order valence-corrected chi connectivity index (χ2v) is 6.47. The lowest BCUT2D eigenvalue weighted by Gasteiger charge is -2.17. The Morgan fingerprint density at radius 1 is 1.04 bits per heavy atom. The van der Waals surface area contributed by atoms with Gasteiger partial charge >= 0.3 is 0 Å². The van der Waals surface area contributed by atoms with E-state index in [0.717, 1.165) is 28.1 Å². The summed E-state index contributed by atoms with van der Waals surface area (Å²) in [6, 6.07) is 12.3. The third-order valence-electron chi connectivity index (χ3n) is 3.86. The molecule has 0 saturated carbocycles. The summed E-state index contributed by atoms with van der Waals surface area (Å²) < 4.78 is 0. The Bertz CT molecular complexity index is 685. The lowest BCUT2D eigenvalue weighted by Crippen LogP contribution is -2.22. The summed E-state index contributed by atoms with van der Waals surface area (Å²) in [7, 11) is 0. The molecule has 0 unspecified atom stereocenters. The van der Waals surface area contributed by atoms with Crippen LogP contribution in [0.2, 0.25) is 0 Å². The average molecular weight is 310 g/mol. The monoisotopic (exact) mass is 310 g/mol. The molecule has 0 aliphatic heterocycles. The van der Waals surface area contributed by atoms with Crippen LogP contribution in [-0.2, 0) is 4.79 Å². The van der Waals surface area contributed by atoms with Crippen molar-refractivity contribution in [2.24, 2.45) is 0 Å². The summed E-state index contributed by atoms with van der Waals surface area (Å²) in [6.07, 6.45) is 0. The Morgan fingerprint density at radius 3 is 2.30 bits per heavy atom. The number of hydrogen-bond acceptors (Lipinski definition) is 2. The van der Waals surface area contributed by atoms with E-state index < -0.39 is 0 Å². The molecule has 0 bridgehead atoms. The SMILES string of the molecule is Cc1cc(C)cc(NC(=O)CNc2c(C)cccc2C(C)C)c1. The summed E-state index contributed by atoms with van der Waals surface area (Å²) in [5.74, 6) is 0.382. The predicted octanol–water partition coefficient (Wildman–Crippen LogP) is 4.79. The molecule has 3 nitrogen and oxygen atoms in total. The molecule has 0 aliphatic carbocycles. The maximum atomic E-state index is 12.2. The summed E-state index contributed by atoms with van der Waals surface area (Å²) in [6.45, 7) is 10.7. The zero-order valence-electron chi connectivity index (χ0n) is 14.7. The van der Waals surface area contributed by atoms with Gasteiger partial charge in [-0.15, -0.1) is 0 Å². The predicted molar refractivity (Wildman–Crippen MR) is 98.3 cm³/mol. The molecule has 2 aromatic rings. The van der Waals surface area contributed by atoms with Gasteiger partial charge in [0.05, 0.1) is 6.54 Å². The van der Waals surface area contributed by atoms with Crippen LogP contribution in [0.4, 0.5) is 11.4 Å². The molecular weight excluding hydrogens is 284 g/mol. The number of nitrogens with one attached hydrogen (secondary N) is 2. The van der Waals surface area contributed by atoms with Gasteiger partial charge in [-0.3, -0.25) is 4.79 Å². The van der Waals surface area contributed by atoms with E-state index in [-0.39, 0.29) is 12.5 Å². The van der Waals surface area contributed by atoms with Crippen molar-refractivity contribution in [3.63, 3.8) is 0 Å². The van der Waals surface area contributed by atoms with Crippen LogP contribution >= 0.6 is 0 Å². The largest absolute Gasteiger partial charge is 0.376 e. The summed E-state index contributed by atoms with van der Waals surface area (Å²) in [4.78, 5) is 12.2. The third-order valence-corrected chi connectivity index (χ3v) is 3.86. The molecule has 0 spiro atoms. The van der Waals surface area contributed by atoms with E-state index in [2.05, 4.69) is 55.7 Å². The molecule has 2 aromatic carbocycles. The van der Waals surface area contributed by atoms with Crippen LogP contribution in [0.1, 0.15) is 42.0 Å². The number of carbonyl (C=O) groups excluding carboxylic acids is 1. The zero-order valence-corrected chi connectivity index (χ0v) is 14.7. The molecule has 2 rings (SSSR count). The third kappa shape index (κ3) is 4.59. The number of rotatable bonds is 5. The van der Waals surface area contributed by atoms with E-state index in [0.29, 0.717) is 5.92 Å². The van der Waals surface area contributed by atoms with Gasteiger partial charge in [-0.25, -0.2) is 0 Å². The molecule has 23 heavy (non-hydrogen) atoms. The number of aryl methyl sites for hydroxylation is 3. The van der Waals surface area contributed by atoms with Gasteiger partial charge in [0.1, 0.15) is 0 Å². The summed E-state index contributed by atoms with van der Waals surface area (Å²) in [5, 5.41) is 6.26. The molecule has 2 N–H and O–H groups in total. The number of carbonyl (C=O) groups is 1. The topological polar surface area (TPSA) is 41.1 Å². The van der Waals surface area contributed by atoms with Crippen LogP contribution in [0.5, 0.6) is 0 Å². The summed E-state index contributed by atoms with van der Waals surface area (Å²) >= 11 is 0. The van der Waals surface area contributed by atoms with Gasteiger partial charge in [-0.05, 0) is 61.1 Å². The Balaban J connectivity index is 2.05. The highest BCUT2D eigenvalue weighted by Gasteiger charge is 2.10. The van der Waals surface area contributed by atoms with Crippen LogP contribution in [-0.4, -0.2) is 12.5 Å².